The molecule has 8 nitrogen and oxygen atoms in total. The minimum absolute atomic E-state index is 0.0501. The summed E-state index contributed by atoms with van der Waals surface area (Å²) in [6, 6.07) is 9.82. The Bertz CT molecular complexity index is 1440. The third-order valence-electron chi connectivity index (χ3n) is 5.45. The number of fused-ring (bicyclic) bond motifs is 2. The predicted octanol–water partition coefficient (Wildman–Crippen LogP) is 3.04. The zero-order valence-electron chi connectivity index (χ0n) is 16.9. The number of aromatic amines is 1. The zero-order chi connectivity index (χ0) is 20.8. The number of hydrogen-bond acceptors (Lipinski definition) is 5. The summed E-state index contributed by atoms with van der Waals surface area (Å²) in [6.45, 7) is 2.57. The fourth-order valence-corrected chi connectivity index (χ4v) is 3.86. The number of nitrogens with zero attached hydrogens (tertiary/aromatic N) is 5. The minimum atomic E-state index is -0.0501. The normalized spacial score (nSPS) is 11.4. The average molecular weight is 400 g/mol. The van der Waals surface area contributed by atoms with Crippen LogP contribution < -0.4 is 10.3 Å². The maximum absolute atomic E-state index is 13.1. The lowest BCUT2D eigenvalue weighted by Gasteiger charge is -2.10. The number of H-pyrrole nitrogens is 1. The van der Waals surface area contributed by atoms with Gasteiger partial charge in [-0.1, -0.05) is 12.1 Å². The zero-order valence-corrected chi connectivity index (χ0v) is 16.9. The first-order chi connectivity index (χ1) is 14.6. The van der Waals surface area contributed by atoms with E-state index < -0.39 is 0 Å². The number of ether oxygens (including phenoxy) is 1. The van der Waals surface area contributed by atoms with Crippen LogP contribution in [-0.2, 0) is 13.6 Å². The first-order valence-corrected chi connectivity index (χ1v) is 9.54. The van der Waals surface area contributed by atoms with Gasteiger partial charge < -0.3 is 18.9 Å². The van der Waals surface area contributed by atoms with Crippen LogP contribution in [0.15, 0.2) is 53.8 Å². The van der Waals surface area contributed by atoms with Crippen LogP contribution in [-0.4, -0.2) is 36.2 Å². The molecule has 8 heteroatoms. The van der Waals surface area contributed by atoms with E-state index in [2.05, 4.69) is 15.0 Å². The van der Waals surface area contributed by atoms with E-state index in [9.17, 15) is 4.79 Å². The van der Waals surface area contributed by atoms with Crippen molar-refractivity contribution in [2.24, 2.45) is 7.05 Å². The molecule has 0 saturated carbocycles. The van der Waals surface area contributed by atoms with Crippen LogP contribution in [0, 0.1) is 6.92 Å². The van der Waals surface area contributed by atoms with Crippen LogP contribution in [0.25, 0.3) is 33.5 Å². The number of imidazole rings is 1. The number of aromatic nitrogens is 6. The molecular formula is C22H20N6O2. The third kappa shape index (κ3) is 2.76. The molecule has 4 aromatic heterocycles. The summed E-state index contributed by atoms with van der Waals surface area (Å²) in [4.78, 5) is 29.3. The van der Waals surface area contributed by atoms with Crippen LogP contribution in [0.3, 0.4) is 0 Å². The summed E-state index contributed by atoms with van der Waals surface area (Å²) < 4.78 is 8.90. The van der Waals surface area contributed by atoms with Gasteiger partial charge in [-0.3, -0.25) is 4.79 Å². The number of pyridine rings is 1. The van der Waals surface area contributed by atoms with Crippen molar-refractivity contribution in [3.8, 4) is 17.0 Å². The molecule has 0 radical (unpaired) electrons. The molecule has 0 amide bonds. The maximum Gasteiger partial charge on any atom is 0.274 e. The molecule has 0 fully saturated rings. The van der Waals surface area contributed by atoms with Gasteiger partial charge in [-0.05, 0) is 30.7 Å². The Morgan fingerprint density at radius 1 is 1.13 bits per heavy atom. The quantitative estimate of drug-likeness (QED) is 0.501. The van der Waals surface area contributed by atoms with Gasteiger partial charge in [0.05, 0.1) is 25.3 Å². The number of benzene rings is 1. The molecule has 0 aliphatic carbocycles. The van der Waals surface area contributed by atoms with E-state index in [-0.39, 0.29) is 5.56 Å². The van der Waals surface area contributed by atoms with Crippen molar-refractivity contribution in [3.63, 3.8) is 0 Å². The molecule has 1 N–H and O–H groups in total. The number of methoxy groups -OCH3 is 1. The standard InChI is InChI=1S/C22H20N6O2/c1-13-18(17-10-23-20-21(26-17)25-12-24-20)16-8-9-27(2)22(29)19(16)28(13)11-14-4-6-15(30-3)7-5-14/h4-10,12H,11H2,1-3H3,(H,23,24,25,26). The van der Waals surface area contributed by atoms with Gasteiger partial charge in [0, 0.05) is 36.4 Å². The SMILES string of the molecule is COc1ccc(Cn2c(C)c(-c3cnc4nc[nH]c4n3)c3ccn(C)c(=O)c32)cc1. The van der Waals surface area contributed by atoms with E-state index in [0.29, 0.717) is 29.0 Å². The first-order valence-electron chi connectivity index (χ1n) is 9.54. The molecule has 5 rings (SSSR count). The van der Waals surface area contributed by atoms with Gasteiger partial charge in [-0.25, -0.2) is 15.0 Å². The number of hydrogen-bond donors (Lipinski definition) is 1. The number of rotatable bonds is 4. The number of aryl methyl sites for hydroxylation is 1. The van der Waals surface area contributed by atoms with E-state index in [1.165, 1.54) is 0 Å². The van der Waals surface area contributed by atoms with Gasteiger partial charge in [-0.2, -0.15) is 0 Å². The second-order valence-corrected chi connectivity index (χ2v) is 7.22. The summed E-state index contributed by atoms with van der Waals surface area (Å²) >= 11 is 0. The fraction of sp³-hybridized carbons (Fsp3) is 0.182. The van der Waals surface area contributed by atoms with E-state index in [0.717, 1.165) is 28.0 Å². The van der Waals surface area contributed by atoms with Gasteiger partial charge in [0.1, 0.15) is 11.3 Å². The summed E-state index contributed by atoms with van der Waals surface area (Å²) in [5.74, 6) is 0.799. The highest BCUT2D eigenvalue weighted by Crippen LogP contribution is 2.33. The molecule has 0 saturated heterocycles. The Morgan fingerprint density at radius 3 is 2.70 bits per heavy atom. The summed E-state index contributed by atoms with van der Waals surface area (Å²) in [5, 5.41) is 0.859. The van der Waals surface area contributed by atoms with Crippen molar-refractivity contribution in [1.29, 1.82) is 0 Å². The van der Waals surface area contributed by atoms with Crippen molar-refractivity contribution in [2.75, 3.05) is 7.11 Å². The van der Waals surface area contributed by atoms with Crippen molar-refractivity contribution in [3.05, 3.63) is 70.7 Å². The van der Waals surface area contributed by atoms with Crippen LogP contribution in [0.1, 0.15) is 11.3 Å². The average Bonchev–Trinajstić information content (AvgIpc) is 3.33. The lowest BCUT2D eigenvalue weighted by Crippen LogP contribution is -2.19. The molecule has 0 atom stereocenters. The van der Waals surface area contributed by atoms with Crippen LogP contribution in [0.5, 0.6) is 5.75 Å². The highest BCUT2D eigenvalue weighted by molar-refractivity contribution is 5.97. The molecule has 0 unspecified atom stereocenters. The van der Waals surface area contributed by atoms with Crippen molar-refractivity contribution in [1.82, 2.24) is 29.1 Å². The summed E-state index contributed by atoms with van der Waals surface area (Å²) in [7, 11) is 3.41. The maximum atomic E-state index is 13.1. The molecule has 0 spiro atoms. The van der Waals surface area contributed by atoms with Crippen LogP contribution >= 0.6 is 0 Å². The Hall–Kier alpha value is -3.94. The monoisotopic (exact) mass is 400 g/mol. The van der Waals surface area contributed by atoms with E-state index >= 15 is 0 Å². The van der Waals surface area contributed by atoms with Crippen molar-refractivity contribution >= 4 is 22.2 Å². The Labute approximate surface area is 171 Å². The molecule has 0 aliphatic rings. The Kier molecular flexibility index (Phi) is 4.13. The first kappa shape index (κ1) is 18.1. The summed E-state index contributed by atoms with van der Waals surface area (Å²) in [6.07, 6.45) is 5.07. The van der Waals surface area contributed by atoms with Crippen LogP contribution in [0.4, 0.5) is 0 Å². The Morgan fingerprint density at radius 2 is 1.93 bits per heavy atom. The van der Waals surface area contributed by atoms with Gasteiger partial charge in [-0.15, -0.1) is 0 Å². The van der Waals surface area contributed by atoms with Gasteiger partial charge in [0.15, 0.2) is 11.3 Å². The highest BCUT2D eigenvalue weighted by atomic mass is 16.5. The molecular weight excluding hydrogens is 380 g/mol. The van der Waals surface area contributed by atoms with Gasteiger partial charge in [0.25, 0.3) is 5.56 Å². The lowest BCUT2D eigenvalue weighted by atomic mass is 10.1. The highest BCUT2D eigenvalue weighted by Gasteiger charge is 2.20. The van der Waals surface area contributed by atoms with Crippen LogP contribution in [0.2, 0.25) is 0 Å². The van der Waals surface area contributed by atoms with E-state index in [1.54, 1.807) is 37.4 Å². The topological polar surface area (TPSA) is 90.6 Å². The Balaban J connectivity index is 1.74. The number of nitrogens with one attached hydrogen (secondary N) is 1. The second-order valence-electron chi connectivity index (χ2n) is 7.22. The molecule has 30 heavy (non-hydrogen) atoms. The molecule has 0 aliphatic heterocycles. The molecule has 150 valence electrons. The summed E-state index contributed by atoms with van der Waals surface area (Å²) in [5.41, 5.74) is 5.42. The molecule has 4 heterocycles. The fourth-order valence-electron chi connectivity index (χ4n) is 3.86. The molecule has 1 aromatic carbocycles. The second kappa shape index (κ2) is 6.84. The smallest absolute Gasteiger partial charge is 0.274 e. The largest absolute Gasteiger partial charge is 0.497 e. The van der Waals surface area contributed by atoms with E-state index in [4.69, 9.17) is 9.72 Å². The van der Waals surface area contributed by atoms with Gasteiger partial charge >= 0.3 is 0 Å². The van der Waals surface area contributed by atoms with Crippen molar-refractivity contribution < 1.29 is 4.74 Å². The van der Waals surface area contributed by atoms with E-state index in [1.807, 2.05) is 41.8 Å². The lowest BCUT2D eigenvalue weighted by molar-refractivity contribution is 0.414. The third-order valence-corrected chi connectivity index (χ3v) is 5.45. The predicted molar refractivity (Wildman–Crippen MR) is 115 cm³/mol. The molecule has 5 aromatic rings. The minimum Gasteiger partial charge on any atom is -0.497 e. The molecule has 0 bridgehead atoms. The van der Waals surface area contributed by atoms with Gasteiger partial charge in [0.2, 0.25) is 0 Å². The van der Waals surface area contributed by atoms with Crippen molar-refractivity contribution in [2.45, 2.75) is 13.5 Å².